The van der Waals surface area contributed by atoms with Crippen LogP contribution in [0, 0.1) is 0 Å². The summed E-state index contributed by atoms with van der Waals surface area (Å²) in [6.45, 7) is 10.7. The summed E-state index contributed by atoms with van der Waals surface area (Å²) in [6, 6.07) is 0. The Hall–Kier alpha value is -0.300. The monoisotopic (exact) mass is 341 g/mol. The molecule has 0 rings (SSSR count). The standard InChI is InChI=1S/C11H23N3O.HI/c1-4-15-8-6-5-7-13-11(12)14-9-10(2)3;/h2,4-9H2,1,3H3,(H3,12,13,14);1H. The summed E-state index contributed by atoms with van der Waals surface area (Å²) < 4.78 is 5.22. The molecule has 0 aromatic carbocycles. The Morgan fingerprint density at radius 2 is 2.12 bits per heavy atom. The molecule has 4 nitrogen and oxygen atoms in total. The maximum atomic E-state index is 5.63. The zero-order valence-corrected chi connectivity index (χ0v) is 12.6. The number of nitrogens with zero attached hydrogens (tertiary/aromatic N) is 1. The largest absolute Gasteiger partial charge is 0.382 e. The van der Waals surface area contributed by atoms with Crippen molar-refractivity contribution in [3.8, 4) is 0 Å². The number of rotatable bonds is 8. The van der Waals surface area contributed by atoms with Crippen LogP contribution in [-0.4, -0.2) is 32.3 Å². The first kappa shape index (κ1) is 18.1. The highest BCUT2D eigenvalue weighted by Gasteiger charge is 1.91. The molecular formula is C11H24IN3O. The van der Waals surface area contributed by atoms with E-state index in [1.54, 1.807) is 0 Å². The van der Waals surface area contributed by atoms with Gasteiger partial charge in [-0.15, -0.1) is 24.0 Å². The number of guanidine groups is 1. The van der Waals surface area contributed by atoms with Gasteiger partial charge in [-0.2, -0.15) is 0 Å². The van der Waals surface area contributed by atoms with Gasteiger partial charge in [0.05, 0.1) is 6.54 Å². The Balaban J connectivity index is 0. The van der Waals surface area contributed by atoms with E-state index >= 15 is 0 Å². The molecule has 0 saturated heterocycles. The topological polar surface area (TPSA) is 59.6 Å². The van der Waals surface area contributed by atoms with Gasteiger partial charge in [-0.25, -0.2) is 4.99 Å². The number of hydrogen-bond donors (Lipinski definition) is 2. The van der Waals surface area contributed by atoms with E-state index in [2.05, 4.69) is 16.9 Å². The molecule has 0 spiro atoms. The molecule has 0 aliphatic rings. The highest BCUT2D eigenvalue weighted by Crippen LogP contribution is 1.89. The molecule has 0 unspecified atom stereocenters. The molecule has 16 heavy (non-hydrogen) atoms. The predicted octanol–water partition coefficient (Wildman–Crippen LogP) is 1.90. The molecule has 0 bridgehead atoms. The zero-order chi connectivity index (χ0) is 11.5. The van der Waals surface area contributed by atoms with Crippen LogP contribution in [0.1, 0.15) is 26.7 Å². The van der Waals surface area contributed by atoms with Crippen LogP contribution in [0.25, 0.3) is 0 Å². The lowest BCUT2D eigenvalue weighted by Crippen LogP contribution is -2.32. The first-order chi connectivity index (χ1) is 7.16. The quantitative estimate of drug-likeness (QED) is 0.233. The van der Waals surface area contributed by atoms with E-state index in [1.807, 2.05) is 13.8 Å². The van der Waals surface area contributed by atoms with E-state index < -0.39 is 0 Å². The average molecular weight is 341 g/mol. The van der Waals surface area contributed by atoms with Crippen LogP contribution in [0.5, 0.6) is 0 Å². The molecule has 0 saturated carbocycles. The lowest BCUT2D eigenvalue weighted by Gasteiger charge is -2.05. The van der Waals surface area contributed by atoms with Crippen LogP contribution < -0.4 is 11.1 Å². The van der Waals surface area contributed by atoms with Gasteiger partial charge in [0.15, 0.2) is 5.96 Å². The van der Waals surface area contributed by atoms with Crippen LogP contribution in [0.15, 0.2) is 17.1 Å². The third-order valence-corrected chi connectivity index (χ3v) is 1.75. The van der Waals surface area contributed by atoms with Gasteiger partial charge in [0.25, 0.3) is 0 Å². The summed E-state index contributed by atoms with van der Waals surface area (Å²) in [5.41, 5.74) is 6.64. The Bertz CT molecular complexity index is 207. The van der Waals surface area contributed by atoms with Crippen molar-refractivity contribution in [1.29, 1.82) is 0 Å². The molecule has 0 aromatic rings. The molecule has 0 amide bonds. The molecule has 3 N–H and O–H groups in total. The number of nitrogens with two attached hydrogens (primary N) is 1. The fourth-order valence-electron chi connectivity index (χ4n) is 0.966. The maximum absolute atomic E-state index is 5.63. The Morgan fingerprint density at radius 3 is 2.69 bits per heavy atom. The molecule has 0 radical (unpaired) electrons. The minimum Gasteiger partial charge on any atom is -0.382 e. The van der Waals surface area contributed by atoms with Gasteiger partial charge in [-0.1, -0.05) is 12.2 Å². The van der Waals surface area contributed by atoms with E-state index in [0.29, 0.717) is 12.5 Å². The smallest absolute Gasteiger partial charge is 0.188 e. The van der Waals surface area contributed by atoms with E-state index in [4.69, 9.17) is 10.5 Å². The Morgan fingerprint density at radius 1 is 1.44 bits per heavy atom. The second-order valence-electron chi connectivity index (χ2n) is 3.49. The lowest BCUT2D eigenvalue weighted by molar-refractivity contribution is 0.143. The van der Waals surface area contributed by atoms with Crippen molar-refractivity contribution in [3.63, 3.8) is 0 Å². The first-order valence-corrected chi connectivity index (χ1v) is 5.42. The van der Waals surface area contributed by atoms with Crippen molar-refractivity contribution in [2.45, 2.75) is 26.7 Å². The van der Waals surface area contributed by atoms with Crippen LogP contribution in [0.4, 0.5) is 0 Å². The van der Waals surface area contributed by atoms with Crippen molar-refractivity contribution in [1.82, 2.24) is 5.32 Å². The normalized spacial score (nSPS) is 10.8. The second-order valence-corrected chi connectivity index (χ2v) is 3.49. The summed E-state index contributed by atoms with van der Waals surface area (Å²) in [5.74, 6) is 0.495. The van der Waals surface area contributed by atoms with Crippen LogP contribution in [0.2, 0.25) is 0 Å². The fraction of sp³-hybridized carbons (Fsp3) is 0.727. The van der Waals surface area contributed by atoms with Gasteiger partial charge < -0.3 is 15.8 Å². The fourth-order valence-corrected chi connectivity index (χ4v) is 0.966. The third-order valence-electron chi connectivity index (χ3n) is 1.75. The molecule has 0 atom stereocenters. The Kier molecular flexibility index (Phi) is 14.4. The summed E-state index contributed by atoms with van der Waals surface area (Å²) in [5, 5.41) is 3.05. The van der Waals surface area contributed by atoms with Crippen molar-refractivity contribution >= 4 is 29.9 Å². The van der Waals surface area contributed by atoms with E-state index in [1.165, 1.54) is 0 Å². The molecule has 0 aliphatic carbocycles. The third kappa shape index (κ3) is 13.7. The second kappa shape index (κ2) is 12.8. The average Bonchev–Trinajstić information content (AvgIpc) is 2.20. The summed E-state index contributed by atoms with van der Waals surface area (Å²) in [6.07, 6.45) is 2.10. The van der Waals surface area contributed by atoms with Gasteiger partial charge in [-0.05, 0) is 26.7 Å². The predicted molar refractivity (Wildman–Crippen MR) is 80.4 cm³/mol. The molecule has 96 valence electrons. The summed E-state index contributed by atoms with van der Waals surface area (Å²) in [4.78, 5) is 4.11. The van der Waals surface area contributed by atoms with Crippen molar-refractivity contribution in [3.05, 3.63) is 12.2 Å². The lowest BCUT2D eigenvalue weighted by atomic mass is 10.3. The van der Waals surface area contributed by atoms with Crippen LogP contribution in [0.3, 0.4) is 0 Å². The number of halogens is 1. The van der Waals surface area contributed by atoms with E-state index in [0.717, 1.165) is 38.2 Å². The number of hydrogen-bond acceptors (Lipinski definition) is 2. The molecular weight excluding hydrogens is 317 g/mol. The minimum absolute atomic E-state index is 0. The highest BCUT2D eigenvalue weighted by molar-refractivity contribution is 14.0. The molecule has 0 aromatic heterocycles. The number of ether oxygens (including phenoxy) is 1. The maximum Gasteiger partial charge on any atom is 0.188 e. The molecule has 0 fully saturated rings. The highest BCUT2D eigenvalue weighted by atomic mass is 127. The molecule has 0 aliphatic heterocycles. The van der Waals surface area contributed by atoms with Gasteiger partial charge in [0.1, 0.15) is 0 Å². The van der Waals surface area contributed by atoms with Crippen molar-refractivity contribution in [2.24, 2.45) is 10.7 Å². The van der Waals surface area contributed by atoms with Gasteiger partial charge in [0, 0.05) is 19.8 Å². The van der Waals surface area contributed by atoms with Crippen molar-refractivity contribution in [2.75, 3.05) is 26.3 Å². The number of aliphatic imine (C=N–C) groups is 1. The molecule has 0 heterocycles. The van der Waals surface area contributed by atoms with Crippen LogP contribution >= 0.6 is 24.0 Å². The summed E-state index contributed by atoms with van der Waals surface area (Å²) >= 11 is 0. The van der Waals surface area contributed by atoms with Crippen LogP contribution in [-0.2, 0) is 4.74 Å². The minimum atomic E-state index is 0. The Labute approximate surface area is 116 Å². The number of unbranched alkanes of at least 4 members (excludes halogenated alkanes) is 1. The first-order valence-electron chi connectivity index (χ1n) is 5.42. The van der Waals surface area contributed by atoms with E-state index in [-0.39, 0.29) is 24.0 Å². The zero-order valence-electron chi connectivity index (χ0n) is 10.3. The number of nitrogens with one attached hydrogen (secondary N) is 1. The van der Waals surface area contributed by atoms with E-state index in [9.17, 15) is 0 Å². The van der Waals surface area contributed by atoms with Gasteiger partial charge in [-0.3, -0.25) is 0 Å². The molecule has 5 heteroatoms. The van der Waals surface area contributed by atoms with Gasteiger partial charge >= 0.3 is 0 Å². The SMILES string of the molecule is C=C(C)CN=C(N)NCCCCOCC.I. The summed E-state index contributed by atoms with van der Waals surface area (Å²) in [7, 11) is 0. The van der Waals surface area contributed by atoms with Crippen molar-refractivity contribution < 1.29 is 4.74 Å². The van der Waals surface area contributed by atoms with Gasteiger partial charge in [0.2, 0.25) is 0 Å².